The van der Waals surface area contributed by atoms with E-state index in [9.17, 15) is 9.90 Å². The number of aliphatic hydroxyl groups is 1. The predicted octanol–water partition coefficient (Wildman–Crippen LogP) is 7.26. The summed E-state index contributed by atoms with van der Waals surface area (Å²) < 4.78 is 0. The van der Waals surface area contributed by atoms with Crippen LogP contribution in [-0.4, -0.2) is 16.6 Å². The van der Waals surface area contributed by atoms with Gasteiger partial charge in [0.25, 0.3) is 0 Å². The first-order valence-corrected chi connectivity index (χ1v) is 12.1. The minimum Gasteiger partial charge on any atom is -0.369 e. The summed E-state index contributed by atoms with van der Waals surface area (Å²) >= 11 is 0. The fourth-order valence-electron chi connectivity index (χ4n) is 2.96. The topological polar surface area (TPSA) is 63.3 Å². The molecule has 0 radical (unpaired) electrons. The first-order chi connectivity index (χ1) is 15.0. The smallest absolute Gasteiger partial charge is 0.201 e. The van der Waals surface area contributed by atoms with Gasteiger partial charge in [-0.2, -0.15) is 0 Å². The highest BCUT2D eigenvalue weighted by Crippen LogP contribution is 2.11. The second-order valence-corrected chi connectivity index (χ2v) is 7.98. The molecule has 0 amide bonds. The molecule has 0 aromatic heterocycles. The lowest BCUT2D eigenvalue weighted by Gasteiger charge is -2.19. The zero-order valence-electron chi connectivity index (χ0n) is 19.8. The summed E-state index contributed by atoms with van der Waals surface area (Å²) in [7, 11) is 0. The van der Waals surface area contributed by atoms with E-state index in [4.69, 9.17) is 5.73 Å². The SMILES string of the molecule is CCCCCCCCC/C=C/C=C/C=C/C=C/C=C/C=C/C(=O)C(N)(O)CCCCC. The minimum atomic E-state index is -1.76. The van der Waals surface area contributed by atoms with E-state index in [-0.39, 0.29) is 0 Å². The highest BCUT2D eigenvalue weighted by Gasteiger charge is 2.27. The monoisotopic (exact) mass is 427 g/mol. The van der Waals surface area contributed by atoms with Crippen molar-refractivity contribution in [2.24, 2.45) is 5.73 Å². The maximum Gasteiger partial charge on any atom is 0.201 e. The summed E-state index contributed by atoms with van der Waals surface area (Å²) in [6.07, 6.45) is 36.2. The van der Waals surface area contributed by atoms with Crippen molar-refractivity contribution in [2.75, 3.05) is 0 Å². The third kappa shape index (κ3) is 19.7. The number of allylic oxidation sites excluding steroid dienone is 11. The van der Waals surface area contributed by atoms with E-state index in [2.05, 4.69) is 26.0 Å². The van der Waals surface area contributed by atoms with Gasteiger partial charge in [0.1, 0.15) is 0 Å². The molecule has 0 saturated carbocycles. The molecule has 3 N–H and O–H groups in total. The normalized spacial score (nSPS) is 15.0. The van der Waals surface area contributed by atoms with E-state index in [1.54, 1.807) is 12.2 Å². The Labute approximate surface area is 191 Å². The number of rotatable bonds is 19. The van der Waals surface area contributed by atoms with E-state index >= 15 is 0 Å². The number of carbonyl (C=O) groups excluding carboxylic acids is 1. The molecule has 1 unspecified atom stereocenters. The van der Waals surface area contributed by atoms with Crippen molar-refractivity contribution in [2.45, 2.75) is 96.6 Å². The summed E-state index contributed by atoms with van der Waals surface area (Å²) in [5.74, 6) is -0.456. The predicted molar refractivity (Wildman–Crippen MR) is 136 cm³/mol. The second-order valence-electron chi connectivity index (χ2n) is 7.98. The van der Waals surface area contributed by atoms with E-state index in [0.717, 1.165) is 25.7 Å². The summed E-state index contributed by atoms with van der Waals surface area (Å²) in [5, 5.41) is 9.98. The number of unbranched alkanes of at least 4 members (excludes halogenated alkanes) is 9. The van der Waals surface area contributed by atoms with Crippen LogP contribution in [0.2, 0.25) is 0 Å². The molecular formula is C28H45NO2. The summed E-state index contributed by atoms with van der Waals surface area (Å²) in [4.78, 5) is 11.9. The minimum absolute atomic E-state index is 0.292. The molecule has 3 nitrogen and oxygen atoms in total. The number of hydrogen-bond donors (Lipinski definition) is 2. The quantitative estimate of drug-likeness (QED) is 0.0986. The molecule has 0 aliphatic heterocycles. The van der Waals surface area contributed by atoms with Crippen LogP contribution in [-0.2, 0) is 4.79 Å². The van der Waals surface area contributed by atoms with E-state index in [0.29, 0.717) is 6.42 Å². The molecule has 1 atom stereocenters. The van der Waals surface area contributed by atoms with Gasteiger partial charge in [0.2, 0.25) is 5.78 Å². The highest BCUT2D eigenvalue weighted by molar-refractivity contribution is 5.96. The van der Waals surface area contributed by atoms with Crippen molar-refractivity contribution in [3.63, 3.8) is 0 Å². The fourth-order valence-corrected chi connectivity index (χ4v) is 2.96. The van der Waals surface area contributed by atoms with Gasteiger partial charge in [-0.05, 0) is 31.8 Å². The van der Waals surface area contributed by atoms with Crippen molar-refractivity contribution in [3.8, 4) is 0 Å². The Balaban J connectivity index is 3.90. The zero-order valence-corrected chi connectivity index (χ0v) is 19.8. The molecule has 0 heterocycles. The highest BCUT2D eigenvalue weighted by atomic mass is 16.3. The molecule has 0 bridgehead atoms. The molecule has 0 aliphatic carbocycles. The van der Waals surface area contributed by atoms with Gasteiger partial charge in [0.05, 0.1) is 0 Å². The maximum absolute atomic E-state index is 11.9. The molecule has 0 saturated heterocycles. The van der Waals surface area contributed by atoms with Crippen LogP contribution in [0.25, 0.3) is 0 Å². The molecule has 3 heteroatoms. The Bertz CT molecular complexity index is 607. The van der Waals surface area contributed by atoms with Crippen molar-refractivity contribution in [3.05, 3.63) is 72.9 Å². The molecular weight excluding hydrogens is 382 g/mol. The van der Waals surface area contributed by atoms with Gasteiger partial charge in [-0.15, -0.1) is 0 Å². The van der Waals surface area contributed by atoms with Gasteiger partial charge in [-0.25, -0.2) is 0 Å². The Morgan fingerprint density at radius 2 is 1.13 bits per heavy atom. The Hall–Kier alpha value is -1.97. The number of ketones is 1. The van der Waals surface area contributed by atoms with Gasteiger partial charge < -0.3 is 5.11 Å². The summed E-state index contributed by atoms with van der Waals surface area (Å²) in [5.41, 5.74) is 3.92. The molecule has 174 valence electrons. The first-order valence-electron chi connectivity index (χ1n) is 12.1. The Morgan fingerprint density at radius 1 is 0.677 bits per heavy atom. The van der Waals surface area contributed by atoms with Gasteiger partial charge in [-0.1, -0.05) is 132 Å². The van der Waals surface area contributed by atoms with E-state index in [1.165, 1.54) is 51.0 Å². The van der Waals surface area contributed by atoms with Crippen molar-refractivity contribution in [1.29, 1.82) is 0 Å². The standard InChI is InChI=1S/C28H45NO2/c1-3-5-7-8-9-10-11-12-13-14-15-16-17-18-19-20-21-22-23-25-27(30)28(29,31)26-24-6-4-2/h13-23,25,31H,3-12,24,26,29H2,1-2H3/b14-13+,16-15+,18-17+,20-19+,22-21+,25-23+. The second kappa shape index (κ2) is 21.3. The largest absolute Gasteiger partial charge is 0.369 e. The first kappa shape index (κ1) is 29.0. The maximum atomic E-state index is 11.9. The molecule has 0 aromatic carbocycles. The number of hydrogen-bond acceptors (Lipinski definition) is 3. The van der Waals surface area contributed by atoms with Crippen LogP contribution in [0.5, 0.6) is 0 Å². The molecule has 0 spiro atoms. The molecule has 0 fully saturated rings. The molecule has 31 heavy (non-hydrogen) atoms. The van der Waals surface area contributed by atoms with E-state index in [1.807, 2.05) is 42.5 Å². The molecule has 0 aromatic rings. The molecule has 0 aliphatic rings. The van der Waals surface area contributed by atoms with E-state index < -0.39 is 11.5 Å². The van der Waals surface area contributed by atoms with Crippen LogP contribution in [0.3, 0.4) is 0 Å². The lowest BCUT2D eigenvalue weighted by atomic mass is 10.0. The van der Waals surface area contributed by atoms with Crippen LogP contribution in [0, 0.1) is 0 Å². The van der Waals surface area contributed by atoms with Crippen molar-refractivity contribution in [1.82, 2.24) is 0 Å². The van der Waals surface area contributed by atoms with Gasteiger partial charge >= 0.3 is 0 Å². The van der Waals surface area contributed by atoms with Crippen molar-refractivity contribution >= 4 is 5.78 Å². The van der Waals surface area contributed by atoms with Crippen LogP contribution in [0.1, 0.15) is 90.9 Å². The zero-order chi connectivity index (χ0) is 23.0. The number of carbonyl (C=O) groups is 1. The number of nitrogens with two attached hydrogens (primary N) is 1. The average Bonchev–Trinajstić information content (AvgIpc) is 2.75. The average molecular weight is 428 g/mol. The van der Waals surface area contributed by atoms with Gasteiger partial charge in [0, 0.05) is 0 Å². The summed E-state index contributed by atoms with van der Waals surface area (Å²) in [6.45, 7) is 4.32. The van der Waals surface area contributed by atoms with Gasteiger partial charge in [-0.3, -0.25) is 10.5 Å². The van der Waals surface area contributed by atoms with Crippen LogP contribution >= 0.6 is 0 Å². The van der Waals surface area contributed by atoms with Gasteiger partial charge in [0.15, 0.2) is 5.72 Å². The van der Waals surface area contributed by atoms with Crippen LogP contribution in [0.15, 0.2) is 72.9 Å². The fraction of sp³-hybridized carbons (Fsp3) is 0.536. The Morgan fingerprint density at radius 3 is 1.71 bits per heavy atom. The van der Waals surface area contributed by atoms with Crippen LogP contribution < -0.4 is 5.73 Å². The van der Waals surface area contributed by atoms with Crippen molar-refractivity contribution < 1.29 is 9.90 Å². The molecule has 0 rings (SSSR count). The lowest BCUT2D eigenvalue weighted by molar-refractivity contribution is -0.132. The Kier molecular flexibility index (Phi) is 19.9. The third-order valence-electron chi connectivity index (χ3n) is 4.95. The summed E-state index contributed by atoms with van der Waals surface area (Å²) in [6, 6.07) is 0. The lowest BCUT2D eigenvalue weighted by Crippen LogP contribution is -2.46. The van der Waals surface area contributed by atoms with Crippen LogP contribution in [0.4, 0.5) is 0 Å². The third-order valence-corrected chi connectivity index (χ3v) is 4.95.